The van der Waals surface area contributed by atoms with Crippen LogP contribution in [0.15, 0.2) is 6.07 Å². The average molecular weight is 252 g/mol. The van der Waals surface area contributed by atoms with Crippen molar-refractivity contribution in [2.45, 2.75) is 6.42 Å². The molecule has 0 spiro atoms. The second-order valence-corrected chi connectivity index (χ2v) is 3.62. The van der Waals surface area contributed by atoms with Crippen LogP contribution in [0.1, 0.15) is 15.9 Å². The van der Waals surface area contributed by atoms with Gasteiger partial charge in [-0.15, -0.1) is 0 Å². The van der Waals surface area contributed by atoms with E-state index in [2.05, 4.69) is 4.74 Å². The molecule has 0 saturated heterocycles. The number of hydrogen-bond donors (Lipinski definition) is 0. The zero-order chi connectivity index (χ0) is 13.3. The molecule has 0 aromatic heterocycles. The van der Waals surface area contributed by atoms with Gasteiger partial charge in [0.25, 0.3) is 0 Å². The zero-order valence-electron chi connectivity index (χ0n) is 10.2. The number of hydrogen-bond acceptors (Lipinski definition) is 6. The number of methoxy groups -OCH3 is 3. The van der Waals surface area contributed by atoms with Gasteiger partial charge in [0.05, 0.1) is 27.8 Å². The number of esters is 2. The van der Waals surface area contributed by atoms with E-state index in [9.17, 15) is 9.59 Å². The molecule has 6 nitrogen and oxygen atoms in total. The molecular weight excluding hydrogens is 240 g/mol. The van der Waals surface area contributed by atoms with Gasteiger partial charge in [-0.1, -0.05) is 0 Å². The maximum atomic E-state index is 11.7. The Balaban J connectivity index is 2.72. The summed E-state index contributed by atoms with van der Waals surface area (Å²) in [6.45, 7) is 0. The van der Waals surface area contributed by atoms with E-state index >= 15 is 0 Å². The lowest BCUT2D eigenvalue weighted by Gasteiger charge is -2.20. The lowest BCUT2D eigenvalue weighted by atomic mass is 10.00. The molecule has 1 aliphatic heterocycles. The Morgan fingerprint density at radius 1 is 1.06 bits per heavy atom. The van der Waals surface area contributed by atoms with E-state index in [0.717, 1.165) is 0 Å². The highest BCUT2D eigenvalue weighted by atomic mass is 16.6. The number of carbonyl (C=O) groups is 2. The summed E-state index contributed by atoms with van der Waals surface area (Å²) < 4.78 is 20.0. The Morgan fingerprint density at radius 3 is 2.28 bits per heavy atom. The predicted molar refractivity (Wildman–Crippen MR) is 60.2 cm³/mol. The molecule has 2 rings (SSSR count). The second kappa shape index (κ2) is 4.56. The highest BCUT2D eigenvalue weighted by Crippen LogP contribution is 2.43. The third-order valence-corrected chi connectivity index (χ3v) is 2.66. The van der Waals surface area contributed by atoms with Crippen LogP contribution in [-0.4, -0.2) is 33.3 Å². The van der Waals surface area contributed by atoms with E-state index in [1.807, 2.05) is 0 Å². The summed E-state index contributed by atoms with van der Waals surface area (Å²) in [7, 11) is 4.31. The number of ether oxygens (including phenoxy) is 4. The fourth-order valence-corrected chi connectivity index (χ4v) is 1.92. The monoisotopic (exact) mass is 252 g/mol. The summed E-state index contributed by atoms with van der Waals surface area (Å²) in [5.74, 6) is -0.425. The van der Waals surface area contributed by atoms with Gasteiger partial charge in [0.15, 0.2) is 11.5 Å². The molecule has 0 aliphatic carbocycles. The molecule has 0 fully saturated rings. The van der Waals surface area contributed by atoms with Crippen LogP contribution in [-0.2, 0) is 16.0 Å². The van der Waals surface area contributed by atoms with Gasteiger partial charge in [0.1, 0.15) is 5.56 Å². The summed E-state index contributed by atoms with van der Waals surface area (Å²) in [6.07, 6.45) is -0.00219. The summed E-state index contributed by atoms with van der Waals surface area (Å²) in [5.41, 5.74) is 0.709. The van der Waals surface area contributed by atoms with Crippen molar-refractivity contribution in [1.29, 1.82) is 0 Å². The molecule has 1 heterocycles. The molecule has 1 aromatic rings. The minimum absolute atomic E-state index is 0.00219. The van der Waals surface area contributed by atoms with Crippen LogP contribution in [0.25, 0.3) is 0 Å². The molecule has 96 valence electrons. The summed E-state index contributed by atoms with van der Waals surface area (Å²) in [5, 5.41) is 0. The zero-order valence-corrected chi connectivity index (χ0v) is 10.2. The first kappa shape index (κ1) is 12.2. The predicted octanol–water partition coefficient (Wildman–Crippen LogP) is 0.952. The Hall–Kier alpha value is -2.24. The van der Waals surface area contributed by atoms with Crippen molar-refractivity contribution in [2.75, 3.05) is 21.3 Å². The molecule has 0 radical (unpaired) electrons. The summed E-state index contributed by atoms with van der Waals surface area (Å²) in [4.78, 5) is 23.0. The number of fused-ring (bicyclic) bond motifs is 1. The van der Waals surface area contributed by atoms with Crippen molar-refractivity contribution in [3.63, 3.8) is 0 Å². The lowest BCUT2D eigenvalue weighted by Crippen LogP contribution is -2.24. The molecule has 18 heavy (non-hydrogen) atoms. The van der Waals surface area contributed by atoms with Gasteiger partial charge in [-0.05, 0) is 11.6 Å². The van der Waals surface area contributed by atoms with Gasteiger partial charge < -0.3 is 18.9 Å². The van der Waals surface area contributed by atoms with Crippen LogP contribution in [0.4, 0.5) is 0 Å². The normalized spacial score (nSPS) is 13.7. The van der Waals surface area contributed by atoms with E-state index in [0.29, 0.717) is 17.1 Å². The van der Waals surface area contributed by atoms with Crippen molar-refractivity contribution in [1.82, 2.24) is 0 Å². The summed E-state index contributed by atoms with van der Waals surface area (Å²) in [6, 6.07) is 1.58. The van der Waals surface area contributed by atoms with Crippen molar-refractivity contribution >= 4 is 11.9 Å². The number of rotatable bonds is 3. The molecule has 0 atom stereocenters. The van der Waals surface area contributed by atoms with Gasteiger partial charge in [-0.3, -0.25) is 4.79 Å². The lowest BCUT2D eigenvalue weighted by molar-refractivity contribution is -0.137. The molecule has 0 bridgehead atoms. The Kier molecular flexibility index (Phi) is 3.10. The van der Waals surface area contributed by atoms with Gasteiger partial charge in [-0.25, -0.2) is 4.79 Å². The first-order chi connectivity index (χ1) is 8.62. The van der Waals surface area contributed by atoms with E-state index in [4.69, 9.17) is 14.2 Å². The number of benzene rings is 1. The fourth-order valence-electron chi connectivity index (χ4n) is 1.92. The molecule has 0 amide bonds. The highest BCUT2D eigenvalue weighted by Gasteiger charge is 2.32. The minimum Gasteiger partial charge on any atom is -0.493 e. The standard InChI is InChI=1S/C12H12O6/c1-15-7-4-6-5-8(13)18-12(14)9(6)11(17-3)10(7)16-2/h4H,5H2,1-3H3. The Labute approximate surface area is 103 Å². The van der Waals surface area contributed by atoms with Crippen LogP contribution in [0, 0.1) is 0 Å². The average Bonchev–Trinajstić information content (AvgIpc) is 2.35. The summed E-state index contributed by atoms with van der Waals surface area (Å²) >= 11 is 0. The van der Waals surface area contributed by atoms with Crippen molar-refractivity contribution in [3.8, 4) is 17.2 Å². The van der Waals surface area contributed by atoms with Crippen molar-refractivity contribution in [3.05, 3.63) is 17.2 Å². The van der Waals surface area contributed by atoms with Gasteiger partial charge in [0.2, 0.25) is 5.75 Å². The number of cyclic esters (lactones) is 2. The maximum absolute atomic E-state index is 11.7. The molecule has 1 aliphatic rings. The van der Waals surface area contributed by atoms with E-state index < -0.39 is 11.9 Å². The largest absolute Gasteiger partial charge is 0.493 e. The second-order valence-electron chi connectivity index (χ2n) is 3.62. The van der Waals surface area contributed by atoms with Crippen LogP contribution >= 0.6 is 0 Å². The SMILES string of the molecule is COc1cc2c(c(OC)c1OC)C(=O)OC(=O)C2. The molecule has 0 N–H and O–H groups in total. The van der Waals surface area contributed by atoms with Crippen LogP contribution in [0.3, 0.4) is 0 Å². The highest BCUT2D eigenvalue weighted by molar-refractivity contribution is 6.05. The van der Waals surface area contributed by atoms with E-state index in [1.165, 1.54) is 21.3 Å². The van der Waals surface area contributed by atoms with Gasteiger partial charge in [0, 0.05) is 0 Å². The third-order valence-electron chi connectivity index (χ3n) is 2.66. The molecular formula is C12H12O6. The van der Waals surface area contributed by atoms with Gasteiger partial charge in [-0.2, -0.15) is 0 Å². The van der Waals surface area contributed by atoms with Crippen molar-refractivity contribution in [2.24, 2.45) is 0 Å². The van der Waals surface area contributed by atoms with E-state index in [-0.39, 0.29) is 17.7 Å². The Bertz CT molecular complexity index is 520. The van der Waals surface area contributed by atoms with Crippen LogP contribution in [0.2, 0.25) is 0 Å². The quantitative estimate of drug-likeness (QED) is 0.589. The molecule has 6 heteroatoms. The molecule has 0 saturated carbocycles. The van der Waals surface area contributed by atoms with E-state index in [1.54, 1.807) is 6.07 Å². The Morgan fingerprint density at radius 2 is 1.72 bits per heavy atom. The first-order valence-electron chi connectivity index (χ1n) is 5.19. The number of carbonyl (C=O) groups excluding carboxylic acids is 2. The van der Waals surface area contributed by atoms with Crippen LogP contribution in [0.5, 0.6) is 17.2 Å². The first-order valence-corrected chi connectivity index (χ1v) is 5.19. The van der Waals surface area contributed by atoms with Crippen LogP contribution < -0.4 is 14.2 Å². The van der Waals surface area contributed by atoms with Gasteiger partial charge >= 0.3 is 11.9 Å². The third kappa shape index (κ3) is 1.75. The minimum atomic E-state index is -0.737. The topological polar surface area (TPSA) is 71.1 Å². The molecule has 1 aromatic carbocycles. The maximum Gasteiger partial charge on any atom is 0.350 e. The smallest absolute Gasteiger partial charge is 0.350 e. The fraction of sp³-hybridized carbons (Fsp3) is 0.333. The molecule has 0 unspecified atom stereocenters. The van der Waals surface area contributed by atoms with Crippen molar-refractivity contribution < 1.29 is 28.5 Å².